The van der Waals surface area contributed by atoms with Gasteiger partial charge in [-0.2, -0.15) is 4.52 Å². The van der Waals surface area contributed by atoms with Crippen molar-refractivity contribution in [2.75, 3.05) is 36.0 Å². The zero-order valence-corrected chi connectivity index (χ0v) is 12.6. The molecule has 0 atom stereocenters. The van der Waals surface area contributed by atoms with E-state index in [0.717, 1.165) is 17.6 Å². The van der Waals surface area contributed by atoms with E-state index in [4.69, 9.17) is 0 Å². The summed E-state index contributed by atoms with van der Waals surface area (Å²) in [5, 5.41) is 11.5. The maximum Gasteiger partial charge on any atom is 0.299 e. The molecule has 0 saturated carbocycles. The molecule has 0 amide bonds. The van der Waals surface area contributed by atoms with Crippen LogP contribution < -0.4 is 9.80 Å². The Bertz CT molecular complexity index is 829. The monoisotopic (exact) mass is 332 g/mol. The van der Waals surface area contributed by atoms with Crippen LogP contribution in [0, 0.1) is 0 Å². The Morgan fingerprint density at radius 3 is 2.33 bits per heavy atom. The van der Waals surface area contributed by atoms with Crippen LogP contribution in [-0.2, 0) is 0 Å². The quantitative estimate of drug-likeness (QED) is 0.713. The number of anilines is 2. The van der Waals surface area contributed by atoms with E-state index < -0.39 is 12.2 Å². The van der Waals surface area contributed by atoms with Gasteiger partial charge in [-0.1, -0.05) is 0 Å². The maximum absolute atomic E-state index is 12.9. The highest BCUT2D eigenvalue weighted by atomic mass is 19.3. The predicted octanol–water partition coefficient (Wildman–Crippen LogP) is 1.18. The molecule has 1 aliphatic rings. The number of rotatable bonds is 3. The SMILES string of the molecule is FC(F)c1nnc2ccc(N3CCN(c4ncccn4)CC3)nn12. The molecule has 1 aliphatic heterocycles. The standard InChI is InChI=1S/C14H14F2N8/c15-12(16)13-20-19-10-2-3-11(21-24(10)13)22-6-8-23(9-7-22)14-17-4-1-5-18-14/h1-5,12H,6-9H2. The number of halogens is 2. The zero-order valence-electron chi connectivity index (χ0n) is 12.6. The second-order valence-corrected chi connectivity index (χ2v) is 5.34. The summed E-state index contributed by atoms with van der Waals surface area (Å²) in [6.07, 6.45) is 0.708. The molecule has 1 fully saturated rings. The van der Waals surface area contributed by atoms with Crippen molar-refractivity contribution in [3.05, 3.63) is 36.4 Å². The number of piperazine rings is 1. The van der Waals surface area contributed by atoms with Gasteiger partial charge in [-0.25, -0.2) is 18.7 Å². The summed E-state index contributed by atoms with van der Waals surface area (Å²) < 4.78 is 27.0. The van der Waals surface area contributed by atoms with Gasteiger partial charge in [0.05, 0.1) is 0 Å². The molecule has 0 aromatic carbocycles. The van der Waals surface area contributed by atoms with E-state index in [1.54, 1.807) is 30.6 Å². The molecule has 4 heterocycles. The Labute approximate surface area is 135 Å². The molecular formula is C14H14F2N8. The van der Waals surface area contributed by atoms with E-state index in [1.165, 1.54) is 0 Å². The lowest BCUT2D eigenvalue weighted by Crippen LogP contribution is -2.47. The lowest BCUT2D eigenvalue weighted by molar-refractivity contribution is 0.137. The summed E-state index contributed by atoms with van der Waals surface area (Å²) in [4.78, 5) is 12.6. The smallest absolute Gasteiger partial charge is 0.299 e. The minimum atomic E-state index is -2.71. The molecule has 0 bridgehead atoms. The van der Waals surface area contributed by atoms with Crippen LogP contribution in [0.4, 0.5) is 20.5 Å². The van der Waals surface area contributed by atoms with Gasteiger partial charge in [0.15, 0.2) is 5.65 Å². The van der Waals surface area contributed by atoms with Gasteiger partial charge < -0.3 is 9.80 Å². The summed E-state index contributed by atoms with van der Waals surface area (Å²) in [5.41, 5.74) is 0.311. The van der Waals surface area contributed by atoms with Gasteiger partial charge in [0.1, 0.15) is 5.82 Å². The molecular weight excluding hydrogens is 318 g/mol. The van der Waals surface area contributed by atoms with Crippen molar-refractivity contribution in [2.45, 2.75) is 6.43 Å². The molecule has 10 heteroatoms. The van der Waals surface area contributed by atoms with Crippen LogP contribution in [0.25, 0.3) is 5.65 Å². The molecule has 24 heavy (non-hydrogen) atoms. The molecule has 8 nitrogen and oxygen atoms in total. The Morgan fingerprint density at radius 2 is 1.62 bits per heavy atom. The minimum absolute atomic E-state index is 0.311. The molecule has 3 aromatic heterocycles. The van der Waals surface area contributed by atoms with Crippen molar-refractivity contribution in [3.63, 3.8) is 0 Å². The Morgan fingerprint density at radius 1 is 0.917 bits per heavy atom. The van der Waals surface area contributed by atoms with Crippen LogP contribution in [0.1, 0.15) is 12.2 Å². The fraction of sp³-hybridized carbons (Fsp3) is 0.357. The lowest BCUT2D eigenvalue weighted by atomic mass is 10.3. The largest absolute Gasteiger partial charge is 0.352 e. The van der Waals surface area contributed by atoms with Crippen molar-refractivity contribution in [2.24, 2.45) is 0 Å². The highest BCUT2D eigenvalue weighted by molar-refractivity contribution is 5.47. The summed E-state index contributed by atoms with van der Waals surface area (Å²) in [5.74, 6) is 0.875. The van der Waals surface area contributed by atoms with Gasteiger partial charge in [0.2, 0.25) is 11.8 Å². The molecule has 0 N–H and O–H groups in total. The first-order valence-electron chi connectivity index (χ1n) is 7.50. The van der Waals surface area contributed by atoms with Crippen LogP contribution in [0.5, 0.6) is 0 Å². The normalized spacial score (nSPS) is 15.5. The summed E-state index contributed by atoms with van der Waals surface area (Å²) in [6.45, 7) is 2.85. The van der Waals surface area contributed by atoms with Gasteiger partial charge >= 0.3 is 0 Å². The third-order valence-corrected chi connectivity index (χ3v) is 3.91. The van der Waals surface area contributed by atoms with Gasteiger partial charge in [0.25, 0.3) is 6.43 Å². The van der Waals surface area contributed by atoms with Crippen molar-refractivity contribution in [3.8, 4) is 0 Å². The zero-order chi connectivity index (χ0) is 16.5. The van der Waals surface area contributed by atoms with Crippen molar-refractivity contribution in [1.29, 1.82) is 0 Å². The third kappa shape index (κ3) is 2.59. The van der Waals surface area contributed by atoms with E-state index in [1.807, 2.05) is 4.90 Å². The van der Waals surface area contributed by atoms with Gasteiger partial charge in [-0.3, -0.25) is 0 Å². The summed E-state index contributed by atoms with van der Waals surface area (Å²) in [6, 6.07) is 5.19. The van der Waals surface area contributed by atoms with E-state index in [0.29, 0.717) is 30.5 Å². The van der Waals surface area contributed by atoms with Crippen LogP contribution in [-0.4, -0.2) is 56.0 Å². The van der Waals surface area contributed by atoms with Crippen LogP contribution in [0.2, 0.25) is 0 Å². The second kappa shape index (κ2) is 5.95. The molecule has 0 spiro atoms. The number of hydrogen-bond acceptors (Lipinski definition) is 7. The fourth-order valence-electron chi connectivity index (χ4n) is 2.69. The third-order valence-electron chi connectivity index (χ3n) is 3.91. The maximum atomic E-state index is 12.9. The molecule has 4 rings (SSSR count). The van der Waals surface area contributed by atoms with E-state index in [9.17, 15) is 8.78 Å². The molecule has 0 aliphatic carbocycles. The Balaban J connectivity index is 1.53. The number of alkyl halides is 2. The average Bonchev–Trinajstić information content (AvgIpc) is 3.06. The first kappa shape index (κ1) is 14.7. The van der Waals surface area contributed by atoms with Crippen LogP contribution in [0.15, 0.2) is 30.6 Å². The summed E-state index contributed by atoms with van der Waals surface area (Å²) in [7, 11) is 0. The Hall–Kier alpha value is -2.91. The molecule has 0 unspecified atom stereocenters. The average molecular weight is 332 g/mol. The topological polar surface area (TPSA) is 75.3 Å². The first-order chi connectivity index (χ1) is 11.7. The van der Waals surface area contributed by atoms with Gasteiger partial charge in [-0.15, -0.1) is 15.3 Å². The number of fused-ring (bicyclic) bond motifs is 1. The fourth-order valence-corrected chi connectivity index (χ4v) is 2.69. The number of nitrogens with zero attached hydrogens (tertiary/aromatic N) is 8. The molecule has 0 radical (unpaired) electrons. The predicted molar refractivity (Wildman–Crippen MR) is 82.2 cm³/mol. The first-order valence-corrected chi connectivity index (χ1v) is 7.50. The number of hydrogen-bond donors (Lipinski definition) is 0. The minimum Gasteiger partial charge on any atom is -0.352 e. The van der Waals surface area contributed by atoms with Crippen LogP contribution in [0.3, 0.4) is 0 Å². The second-order valence-electron chi connectivity index (χ2n) is 5.34. The number of aromatic nitrogens is 6. The highest BCUT2D eigenvalue weighted by Gasteiger charge is 2.22. The lowest BCUT2D eigenvalue weighted by Gasteiger charge is -2.35. The van der Waals surface area contributed by atoms with Crippen molar-refractivity contribution >= 4 is 17.4 Å². The van der Waals surface area contributed by atoms with E-state index in [-0.39, 0.29) is 0 Å². The molecule has 124 valence electrons. The van der Waals surface area contributed by atoms with E-state index >= 15 is 0 Å². The van der Waals surface area contributed by atoms with Crippen LogP contribution >= 0.6 is 0 Å². The van der Waals surface area contributed by atoms with Crippen molar-refractivity contribution < 1.29 is 8.78 Å². The van der Waals surface area contributed by atoms with Crippen molar-refractivity contribution in [1.82, 2.24) is 29.8 Å². The van der Waals surface area contributed by atoms with Gasteiger partial charge in [-0.05, 0) is 18.2 Å². The van der Waals surface area contributed by atoms with Gasteiger partial charge in [0, 0.05) is 38.6 Å². The molecule has 3 aromatic rings. The highest BCUT2D eigenvalue weighted by Crippen LogP contribution is 2.20. The Kier molecular flexibility index (Phi) is 3.63. The summed E-state index contributed by atoms with van der Waals surface area (Å²) >= 11 is 0. The molecule has 1 saturated heterocycles. The van der Waals surface area contributed by atoms with E-state index in [2.05, 4.69) is 30.2 Å².